The number of thiazole rings is 1. The zero-order valence-electron chi connectivity index (χ0n) is 16.9. The monoisotopic (exact) mass is 459 g/mol. The number of ether oxygens (including phenoxy) is 1. The van der Waals surface area contributed by atoms with Gasteiger partial charge in [-0.25, -0.2) is 13.4 Å². The van der Waals surface area contributed by atoms with Gasteiger partial charge in [0, 0.05) is 54.8 Å². The van der Waals surface area contributed by atoms with Gasteiger partial charge in [0.1, 0.15) is 5.75 Å². The summed E-state index contributed by atoms with van der Waals surface area (Å²) in [5.74, 6) is 0.590. The third kappa shape index (κ3) is 3.84. The van der Waals surface area contributed by atoms with Crippen LogP contribution in [-0.2, 0) is 16.4 Å². The lowest BCUT2D eigenvalue weighted by molar-refractivity contribution is 0.0698. The van der Waals surface area contributed by atoms with Gasteiger partial charge in [0.15, 0.2) is 5.01 Å². The zero-order valence-corrected chi connectivity index (χ0v) is 18.5. The number of aromatic amines is 1. The minimum atomic E-state index is -3.24. The molecule has 0 unspecified atom stereocenters. The summed E-state index contributed by atoms with van der Waals surface area (Å²) in [6, 6.07) is 5.94. The molecule has 31 heavy (non-hydrogen) atoms. The Morgan fingerprint density at radius 1 is 1.19 bits per heavy atom. The lowest BCUT2D eigenvalue weighted by atomic mass is 10.0. The van der Waals surface area contributed by atoms with E-state index in [2.05, 4.69) is 15.2 Å². The number of nitrogens with zero attached hydrogens (tertiary/aromatic N) is 4. The minimum absolute atomic E-state index is 0.149. The summed E-state index contributed by atoms with van der Waals surface area (Å²) < 4.78 is 30.8. The molecule has 1 N–H and O–H groups in total. The second kappa shape index (κ2) is 7.74. The van der Waals surface area contributed by atoms with Gasteiger partial charge in [0.05, 0.1) is 24.8 Å². The fourth-order valence-electron chi connectivity index (χ4n) is 3.86. The number of rotatable bonds is 3. The smallest absolute Gasteiger partial charge is 0.282 e. The predicted molar refractivity (Wildman–Crippen MR) is 117 cm³/mol. The third-order valence-electron chi connectivity index (χ3n) is 5.53. The summed E-state index contributed by atoms with van der Waals surface area (Å²) in [7, 11) is -3.24. The molecule has 0 bridgehead atoms. The lowest BCUT2D eigenvalue weighted by Gasteiger charge is -2.32. The number of amides is 1. The standard InChI is InChI=1S/C20H21N5O4S2/c1-31(27,28)25-7-5-24(6-8-25)20(26)19-23-18-15-3-2-13(14-11-21-22-12-14)10-16(15)29-9-4-17(18)30-19/h2-3,10-12H,4-9H2,1H3,(H,21,22). The molecule has 0 spiro atoms. The van der Waals surface area contributed by atoms with E-state index in [1.807, 2.05) is 24.4 Å². The first-order valence-electron chi connectivity index (χ1n) is 9.90. The molecular formula is C20H21N5O4S2. The molecule has 162 valence electrons. The van der Waals surface area contributed by atoms with Crippen LogP contribution >= 0.6 is 11.3 Å². The maximum atomic E-state index is 13.0. The highest BCUT2D eigenvalue weighted by Gasteiger charge is 2.30. The van der Waals surface area contributed by atoms with Gasteiger partial charge in [-0.1, -0.05) is 6.07 Å². The normalized spacial score (nSPS) is 16.9. The van der Waals surface area contributed by atoms with Gasteiger partial charge in [0.25, 0.3) is 5.91 Å². The van der Waals surface area contributed by atoms with E-state index >= 15 is 0 Å². The molecule has 1 amide bonds. The van der Waals surface area contributed by atoms with Crippen LogP contribution in [0.2, 0.25) is 0 Å². The molecule has 9 nitrogen and oxygen atoms in total. The number of fused-ring (bicyclic) bond motifs is 3. The Balaban J connectivity index is 1.41. The summed E-state index contributed by atoms with van der Waals surface area (Å²) in [6.07, 6.45) is 5.46. The van der Waals surface area contributed by atoms with Crippen molar-refractivity contribution in [2.45, 2.75) is 6.42 Å². The molecule has 2 aliphatic heterocycles. The van der Waals surface area contributed by atoms with E-state index in [4.69, 9.17) is 4.74 Å². The van der Waals surface area contributed by atoms with Crippen LogP contribution in [0.15, 0.2) is 30.6 Å². The number of hydrogen-bond acceptors (Lipinski definition) is 7. The van der Waals surface area contributed by atoms with Gasteiger partial charge in [-0.2, -0.15) is 9.40 Å². The van der Waals surface area contributed by atoms with E-state index < -0.39 is 10.0 Å². The van der Waals surface area contributed by atoms with Crippen LogP contribution in [0.4, 0.5) is 0 Å². The Morgan fingerprint density at radius 3 is 2.71 bits per heavy atom. The SMILES string of the molecule is CS(=O)(=O)N1CCN(C(=O)c2nc3c(s2)CCOc2cc(-c4cn[nH]c4)ccc2-3)CC1. The Morgan fingerprint density at radius 2 is 2.00 bits per heavy atom. The van der Waals surface area contributed by atoms with Gasteiger partial charge in [0.2, 0.25) is 10.0 Å². The van der Waals surface area contributed by atoms with Crippen molar-refractivity contribution in [1.82, 2.24) is 24.4 Å². The number of piperazine rings is 1. The number of nitrogens with one attached hydrogen (secondary N) is 1. The molecule has 3 aromatic rings. The predicted octanol–water partition coefficient (Wildman–Crippen LogP) is 1.85. The molecule has 0 aliphatic carbocycles. The van der Waals surface area contributed by atoms with E-state index in [1.54, 1.807) is 11.1 Å². The number of H-pyrrole nitrogens is 1. The molecule has 0 radical (unpaired) electrons. The Hall–Kier alpha value is -2.76. The van der Waals surface area contributed by atoms with Crippen LogP contribution in [0.3, 0.4) is 0 Å². The quantitative estimate of drug-likeness (QED) is 0.640. The molecule has 0 atom stereocenters. The topological polar surface area (TPSA) is 108 Å². The van der Waals surface area contributed by atoms with Crippen molar-refractivity contribution in [2.24, 2.45) is 0 Å². The summed E-state index contributed by atoms with van der Waals surface area (Å²) in [5, 5.41) is 7.24. The molecule has 11 heteroatoms. The number of hydrogen-bond donors (Lipinski definition) is 1. The Kier molecular flexibility index (Phi) is 5.03. The van der Waals surface area contributed by atoms with Crippen molar-refractivity contribution < 1.29 is 17.9 Å². The van der Waals surface area contributed by atoms with Crippen LogP contribution in [0.1, 0.15) is 14.7 Å². The van der Waals surface area contributed by atoms with Crippen molar-refractivity contribution in [1.29, 1.82) is 0 Å². The van der Waals surface area contributed by atoms with Crippen LogP contribution in [0, 0.1) is 0 Å². The van der Waals surface area contributed by atoms with Crippen LogP contribution in [-0.4, -0.2) is 77.8 Å². The molecule has 4 heterocycles. The number of benzene rings is 1. The largest absolute Gasteiger partial charge is 0.492 e. The molecule has 5 rings (SSSR count). The highest BCUT2D eigenvalue weighted by atomic mass is 32.2. The highest BCUT2D eigenvalue weighted by Crippen LogP contribution is 2.39. The van der Waals surface area contributed by atoms with Gasteiger partial charge in [-0.3, -0.25) is 9.89 Å². The molecule has 1 aromatic carbocycles. The second-order valence-electron chi connectivity index (χ2n) is 7.54. The first-order valence-corrected chi connectivity index (χ1v) is 12.6. The molecule has 1 saturated heterocycles. The van der Waals surface area contributed by atoms with Crippen molar-refractivity contribution in [2.75, 3.05) is 39.0 Å². The van der Waals surface area contributed by atoms with Crippen molar-refractivity contribution in [3.05, 3.63) is 40.5 Å². The highest BCUT2D eigenvalue weighted by molar-refractivity contribution is 7.88. The Bertz CT molecular complexity index is 1230. The van der Waals surface area contributed by atoms with E-state index in [-0.39, 0.29) is 5.91 Å². The van der Waals surface area contributed by atoms with Gasteiger partial charge >= 0.3 is 0 Å². The molecular weight excluding hydrogens is 438 g/mol. The Labute approximate surface area is 183 Å². The lowest BCUT2D eigenvalue weighted by Crippen LogP contribution is -2.50. The third-order valence-corrected chi connectivity index (χ3v) is 7.94. The molecule has 2 aliphatic rings. The zero-order chi connectivity index (χ0) is 21.6. The first-order chi connectivity index (χ1) is 14.9. The van der Waals surface area contributed by atoms with Crippen LogP contribution in [0.5, 0.6) is 5.75 Å². The van der Waals surface area contributed by atoms with Crippen LogP contribution in [0.25, 0.3) is 22.4 Å². The average Bonchev–Trinajstić information content (AvgIpc) is 3.40. The molecule has 0 saturated carbocycles. The fourth-order valence-corrected chi connectivity index (χ4v) is 5.71. The fraction of sp³-hybridized carbons (Fsp3) is 0.350. The van der Waals surface area contributed by atoms with Crippen molar-refractivity contribution in [3.8, 4) is 28.1 Å². The summed E-state index contributed by atoms with van der Waals surface area (Å²) in [4.78, 5) is 20.4. The van der Waals surface area contributed by atoms with Gasteiger partial charge < -0.3 is 9.64 Å². The van der Waals surface area contributed by atoms with Gasteiger partial charge in [-0.15, -0.1) is 11.3 Å². The van der Waals surface area contributed by atoms with Crippen LogP contribution < -0.4 is 4.74 Å². The number of carbonyl (C=O) groups is 1. The van der Waals surface area contributed by atoms with Crippen molar-refractivity contribution >= 4 is 27.3 Å². The first kappa shape index (κ1) is 20.2. The minimum Gasteiger partial charge on any atom is -0.492 e. The maximum absolute atomic E-state index is 13.0. The second-order valence-corrected chi connectivity index (χ2v) is 10.6. The van der Waals surface area contributed by atoms with E-state index in [0.29, 0.717) is 44.2 Å². The van der Waals surface area contributed by atoms with Crippen molar-refractivity contribution in [3.63, 3.8) is 0 Å². The summed E-state index contributed by atoms with van der Waals surface area (Å²) >= 11 is 1.39. The maximum Gasteiger partial charge on any atom is 0.282 e. The number of aromatic nitrogens is 3. The molecule has 2 aromatic heterocycles. The van der Waals surface area contributed by atoms with E-state index in [1.165, 1.54) is 21.9 Å². The number of sulfonamides is 1. The summed E-state index contributed by atoms with van der Waals surface area (Å²) in [6.45, 7) is 1.86. The molecule has 1 fully saturated rings. The van der Waals surface area contributed by atoms with E-state index in [9.17, 15) is 13.2 Å². The summed E-state index contributed by atoms with van der Waals surface area (Å²) in [5.41, 5.74) is 3.62. The van der Waals surface area contributed by atoms with Gasteiger partial charge in [-0.05, 0) is 17.7 Å². The number of carbonyl (C=O) groups excluding carboxylic acids is 1. The average molecular weight is 460 g/mol. The van der Waals surface area contributed by atoms with E-state index in [0.717, 1.165) is 33.0 Å².